The van der Waals surface area contributed by atoms with Gasteiger partial charge in [-0.25, -0.2) is 0 Å². The Morgan fingerprint density at radius 1 is 1.25 bits per heavy atom. The molecule has 0 aromatic heterocycles. The monoisotopic (exact) mass is 183 g/mol. The lowest BCUT2D eigenvalue weighted by atomic mass is 10.2. The molecule has 66 valence electrons. The van der Waals surface area contributed by atoms with Crippen LogP contribution in [-0.4, -0.2) is 23.0 Å². The maximum atomic E-state index is 11.3. The highest BCUT2D eigenvalue weighted by atomic mass is 32.2. The van der Waals surface area contributed by atoms with Crippen LogP contribution in [0.15, 0.2) is 30.3 Å². The molecule has 0 aliphatic heterocycles. The smallest absolute Gasteiger partial charge is 0.150 e. The van der Waals surface area contributed by atoms with Crippen molar-refractivity contribution in [3.8, 4) is 0 Å². The van der Waals surface area contributed by atoms with Crippen LogP contribution in [0.4, 0.5) is 0 Å². The van der Waals surface area contributed by atoms with E-state index in [4.69, 9.17) is 0 Å². The van der Waals surface area contributed by atoms with E-state index in [1.165, 1.54) is 0 Å². The van der Waals surface area contributed by atoms with E-state index >= 15 is 0 Å². The van der Waals surface area contributed by atoms with Gasteiger partial charge in [0.1, 0.15) is 0 Å². The number of hydrogen-bond donors (Lipinski definition) is 0. The van der Waals surface area contributed by atoms with Crippen molar-refractivity contribution >= 4 is 11.4 Å². The summed E-state index contributed by atoms with van der Waals surface area (Å²) in [5.41, 5.74) is 1.12. The van der Waals surface area contributed by atoms with E-state index in [0.29, 0.717) is 5.75 Å². The maximum Gasteiger partial charge on any atom is 0.150 e. The maximum absolute atomic E-state index is 11.3. The molecule has 2 nitrogen and oxygen atoms in total. The van der Waals surface area contributed by atoms with Gasteiger partial charge >= 0.3 is 0 Å². The van der Waals surface area contributed by atoms with Crippen molar-refractivity contribution in [3.05, 3.63) is 35.9 Å². The Kier molecular flexibility index (Phi) is 3.59. The van der Waals surface area contributed by atoms with Crippen LogP contribution in [0.1, 0.15) is 5.56 Å². The molecule has 1 atom stereocenters. The second kappa shape index (κ2) is 4.50. The predicted octanol–water partition coefficient (Wildman–Crippen LogP) is 1.41. The van der Waals surface area contributed by atoms with Crippen molar-refractivity contribution in [2.75, 3.05) is 14.1 Å². The van der Waals surface area contributed by atoms with Gasteiger partial charge in [-0.1, -0.05) is 30.3 Å². The topological polar surface area (TPSA) is 26.3 Å². The Morgan fingerprint density at radius 3 is 2.33 bits per heavy atom. The first-order valence-electron chi connectivity index (χ1n) is 3.80. The van der Waals surface area contributed by atoms with Crippen LogP contribution < -0.4 is 0 Å². The zero-order valence-corrected chi connectivity index (χ0v) is 8.17. The van der Waals surface area contributed by atoms with Gasteiger partial charge in [0.15, 0.2) is 5.75 Å². The lowest BCUT2D eigenvalue weighted by Gasteiger charge is -2.15. The normalized spacial score (nSPS) is 13.3. The van der Waals surface area contributed by atoms with E-state index in [0.717, 1.165) is 5.56 Å². The molecule has 0 aliphatic carbocycles. The molecule has 12 heavy (non-hydrogen) atoms. The van der Waals surface area contributed by atoms with E-state index in [-0.39, 0.29) is 0 Å². The molecule has 1 rings (SSSR count). The van der Waals surface area contributed by atoms with E-state index < -0.39 is 11.4 Å². The molecule has 0 saturated heterocycles. The van der Waals surface area contributed by atoms with Crippen LogP contribution in [0, 0.1) is 0 Å². The fourth-order valence-corrected chi connectivity index (χ4v) is 1.58. The predicted molar refractivity (Wildman–Crippen MR) is 52.0 cm³/mol. The zero-order chi connectivity index (χ0) is 8.97. The molecule has 0 amide bonds. The molecular weight excluding hydrogens is 170 g/mol. The quantitative estimate of drug-likeness (QED) is 0.662. The number of nitrogens with zero attached hydrogens (tertiary/aromatic N) is 1. The summed E-state index contributed by atoms with van der Waals surface area (Å²) in [4.78, 5) is 0. The molecule has 1 aromatic rings. The highest BCUT2D eigenvalue weighted by molar-refractivity contribution is 7.88. The fourth-order valence-electron chi connectivity index (χ4n) is 0.846. The van der Waals surface area contributed by atoms with Crippen LogP contribution >= 0.6 is 0 Å². The largest absolute Gasteiger partial charge is 0.598 e. The van der Waals surface area contributed by atoms with Crippen molar-refractivity contribution in [1.82, 2.24) is 4.31 Å². The van der Waals surface area contributed by atoms with Gasteiger partial charge in [0.2, 0.25) is 0 Å². The van der Waals surface area contributed by atoms with Crippen LogP contribution in [0.25, 0.3) is 0 Å². The third kappa shape index (κ3) is 2.85. The molecule has 3 heteroatoms. The van der Waals surface area contributed by atoms with Crippen molar-refractivity contribution in [2.24, 2.45) is 0 Å². The Balaban J connectivity index is 2.53. The average molecular weight is 183 g/mol. The van der Waals surface area contributed by atoms with Gasteiger partial charge in [-0.2, -0.15) is 0 Å². The summed E-state index contributed by atoms with van der Waals surface area (Å²) in [5, 5.41) is 0. The molecule has 1 aromatic carbocycles. The third-order valence-corrected chi connectivity index (χ3v) is 2.94. The second-order valence-electron chi connectivity index (χ2n) is 2.76. The Labute approximate surface area is 76.5 Å². The molecule has 0 bridgehead atoms. The van der Waals surface area contributed by atoms with E-state index in [1.807, 2.05) is 44.4 Å². The molecule has 1 unspecified atom stereocenters. The third-order valence-electron chi connectivity index (χ3n) is 1.54. The summed E-state index contributed by atoms with van der Waals surface area (Å²) < 4.78 is 13.1. The standard InChI is InChI=1S/C9H13NOS/c1-10(2)12(11)8-9-6-4-3-5-7-9/h3-7H,8H2,1-2H3. The van der Waals surface area contributed by atoms with Gasteiger partial charge in [-0.3, -0.25) is 0 Å². The molecule has 0 fully saturated rings. The van der Waals surface area contributed by atoms with E-state index in [2.05, 4.69) is 0 Å². The average Bonchev–Trinajstić information content (AvgIpc) is 2.06. The van der Waals surface area contributed by atoms with Gasteiger partial charge in [0, 0.05) is 31.0 Å². The zero-order valence-electron chi connectivity index (χ0n) is 7.36. The second-order valence-corrected chi connectivity index (χ2v) is 4.43. The highest BCUT2D eigenvalue weighted by Crippen LogP contribution is 2.06. The minimum absolute atomic E-state index is 0.605. The van der Waals surface area contributed by atoms with Crippen molar-refractivity contribution < 1.29 is 4.55 Å². The SMILES string of the molecule is CN(C)[S+]([O-])Cc1ccccc1. The molecule has 0 spiro atoms. The Morgan fingerprint density at radius 2 is 1.83 bits per heavy atom. The van der Waals surface area contributed by atoms with Crippen LogP contribution in [0.5, 0.6) is 0 Å². The Hall–Kier alpha value is -0.510. The van der Waals surface area contributed by atoms with Gasteiger partial charge in [-0.15, -0.1) is 4.31 Å². The number of benzene rings is 1. The fraction of sp³-hybridized carbons (Fsp3) is 0.333. The summed E-state index contributed by atoms with van der Waals surface area (Å²) in [6, 6.07) is 9.86. The van der Waals surface area contributed by atoms with Crippen LogP contribution in [0.3, 0.4) is 0 Å². The van der Waals surface area contributed by atoms with Gasteiger partial charge in [-0.05, 0) is 0 Å². The van der Waals surface area contributed by atoms with Gasteiger partial charge in [0.05, 0.1) is 0 Å². The van der Waals surface area contributed by atoms with Gasteiger partial charge in [0.25, 0.3) is 0 Å². The van der Waals surface area contributed by atoms with Crippen molar-refractivity contribution in [2.45, 2.75) is 5.75 Å². The molecule has 0 aliphatic rings. The van der Waals surface area contributed by atoms with E-state index in [9.17, 15) is 4.55 Å². The first kappa shape index (κ1) is 9.58. The van der Waals surface area contributed by atoms with Crippen LogP contribution in [-0.2, 0) is 17.1 Å². The summed E-state index contributed by atoms with van der Waals surface area (Å²) in [6.07, 6.45) is 0. The summed E-state index contributed by atoms with van der Waals surface area (Å²) in [6.45, 7) is 0. The summed E-state index contributed by atoms with van der Waals surface area (Å²) in [5.74, 6) is 0.605. The summed E-state index contributed by atoms with van der Waals surface area (Å²) >= 11 is -0.889. The van der Waals surface area contributed by atoms with Gasteiger partial charge < -0.3 is 4.55 Å². The minimum Gasteiger partial charge on any atom is -0.598 e. The lowest BCUT2D eigenvalue weighted by Crippen LogP contribution is -2.23. The lowest BCUT2D eigenvalue weighted by molar-refractivity contribution is 0.519. The molecule has 0 radical (unpaired) electrons. The highest BCUT2D eigenvalue weighted by Gasteiger charge is 2.09. The molecule has 0 saturated carbocycles. The number of rotatable bonds is 3. The van der Waals surface area contributed by atoms with E-state index in [1.54, 1.807) is 4.31 Å². The minimum atomic E-state index is -0.889. The first-order valence-corrected chi connectivity index (χ1v) is 5.07. The molecular formula is C9H13NOS. The molecule has 0 N–H and O–H groups in total. The molecule has 0 heterocycles. The van der Waals surface area contributed by atoms with Crippen molar-refractivity contribution in [1.29, 1.82) is 0 Å². The Bertz CT molecular complexity index is 225. The van der Waals surface area contributed by atoms with Crippen LogP contribution in [0.2, 0.25) is 0 Å². The number of hydrogen-bond acceptors (Lipinski definition) is 2. The first-order chi connectivity index (χ1) is 5.70. The van der Waals surface area contributed by atoms with Crippen molar-refractivity contribution in [3.63, 3.8) is 0 Å². The summed E-state index contributed by atoms with van der Waals surface area (Å²) in [7, 11) is 3.64.